The molecule has 0 radical (unpaired) electrons. The van der Waals surface area contributed by atoms with Crippen molar-refractivity contribution >= 4 is 15.9 Å². The molecule has 0 spiro atoms. The van der Waals surface area contributed by atoms with Gasteiger partial charge in [-0.25, -0.2) is 5.43 Å². The molecule has 5 heteroatoms. The van der Waals surface area contributed by atoms with Crippen LogP contribution < -0.4 is 16.0 Å². The number of rotatable bonds is 4. The molecule has 3 N–H and O–H groups in total. The van der Waals surface area contributed by atoms with E-state index in [0.717, 1.165) is 22.4 Å². The van der Waals surface area contributed by atoms with Crippen LogP contribution in [0, 0.1) is 6.92 Å². The number of hydrogen-bond donors (Lipinski definition) is 2. The van der Waals surface area contributed by atoms with Gasteiger partial charge in [-0.3, -0.25) is 5.84 Å². The SMILES string of the molecule is COc1ccc(C(NN)c2ccoc2Br)c(C)c1. The Hall–Kier alpha value is -1.30. The van der Waals surface area contributed by atoms with Crippen molar-refractivity contribution in [2.24, 2.45) is 5.84 Å². The number of hydrogen-bond acceptors (Lipinski definition) is 4. The molecular weight excluding hydrogens is 296 g/mol. The van der Waals surface area contributed by atoms with E-state index in [9.17, 15) is 0 Å². The van der Waals surface area contributed by atoms with Crippen LogP contribution in [-0.2, 0) is 0 Å². The summed E-state index contributed by atoms with van der Waals surface area (Å²) in [7, 11) is 1.65. The van der Waals surface area contributed by atoms with Crippen LogP contribution in [0.2, 0.25) is 0 Å². The van der Waals surface area contributed by atoms with Gasteiger partial charge < -0.3 is 9.15 Å². The lowest BCUT2D eigenvalue weighted by molar-refractivity contribution is 0.414. The molecule has 2 rings (SSSR count). The molecule has 0 aliphatic rings. The number of halogens is 1. The van der Waals surface area contributed by atoms with Crippen molar-refractivity contribution in [2.75, 3.05) is 7.11 Å². The summed E-state index contributed by atoms with van der Waals surface area (Å²) < 4.78 is 11.1. The summed E-state index contributed by atoms with van der Waals surface area (Å²) in [6.07, 6.45) is 1.63. The zero-order chi connectivity index (χ0) is 13.1. The first-order chi connectivity index (χ1) is 8.67. The summed E-state index contributed by atoms with van der Waals surface area (Å²) in [5.41, 5.74) is 5.96. The lowest BCUT2D eigenvalue weighted by atomic mass is 9.97. The quantitative estimate of drug-likeness (QED) is 0.673. The first-order valence-electron chi connectivity index (χ1n) is 5.51. The average Bonchev–Trinajstić information content (AvgIpc) is 2.78. The van der Waals surface area contributed by atoms with Gasteiger partial charge in [0.25, 0.3) is 0 Å². The molecule has 18 heavy (non-hydrogen) atoms. The van der Waals surface area contributed by atoms with Gasteiger partial charge in [-0.1, -0.05) is 6.07 Å². The molecule has 0 saturated heterocycles. The van der Waals surface area contributed by atoms with Crippen LogP contribution in [0.5, 0.6) is 5.75 Å². The van der Waals surface area contributed by atoms with Gasteiger partial charge >= 0.3 is 0 Å². The molecule has 96 valence electrons. The maximum Gasteiger partial charge on any atom is 0.174 e. The molecule has 0 amide bonds. The molecule has 0 bridgehead atoms. The van der Waals surface area contributed by atoms with E-state index < -0.39 is 0 Å². The number of nitrogens with one attached hydrogen (secondary N) is 1. The summed E-state index contributed by atoms with van der Waals surface area (Å²) >= 11 is 3.37. The van der Waals surface area contributed by atoms with Crippen LogP contribution in [0.4, 0.5) is 0 Å². The van der Waals surface area contributed by atoms with Crippen LogP contribution in [0.25, 0.3) is 0 Å². The van der Waals surface area contributed by atoms with E-state index >= 15 is 0 Å². The minimum atomic E-state index is -0.121. The van der Waals surface area contributed by atoms with Crippen molar-refractivity contribution in [3.8, 4) is 5.75 Å². The fraction of sp³-hybridized carbons (Fsp3) is 0.231. The molecule has 1 atom stereocenters. The number of ether oxygens (including phenoxy) is 1. The Labute approximate surface area is 114 Å². The fourth-order valence-electron chi connectivity index (χ4n) is 1.96. The zero-order valence-electron chi connectivity index (χ0n) is 10.2. The van der Waals surface area contributed by atoms with E-state index in [1.165, 1.54) is 0 Å². The van der Waals surface area contributed by atoms with E-state index in [1.54, 1.807) is 13.4 Å². The highest BCUT2D eigenvalue weighted by molar-refractivity contribution is 9.10. The van der Waals surface area contributed by atoms with E-state index in [2.05, 4.69) is 21.4 Å². The lowest BCUT2D eigenvalue weighted by Crippen LogP contribution is -2.29. The Bertz CT molecular complexity index is 540. The van der Waals surface area contributed by atoms with Crippen molar-refractivity contribution in [3.05, 3.63) is 51.9 Å². The third-order valence-electron chi connectivity index (χ3n) is 2.91. The lowest BCUT2D eigenvalue weighted by Gasteiger charge is -2.18. The van der Waals surface area contributed by atoms with Gasteiger partial charge in [0.05, 0.1) is 19.4 Å². The molecule has 1 aromatic heterocycles. The van der Waals surface area contributed by atoms with E-state index in [-0.39, 0.29) is 6.04 Å². The predicted octanol–water partition coefficient (Wildman–Crippen LogP) is 2.91. The Morgan fingerprint density at radius 2 is 2.11 bits per heavy atom. The van der Waals surface area contributed by atoms with Crippen molar-refractivity contribution in [1.29, 1.82) is 0 Å². The molecule has 1 aromatic carbocycles. The van der Waals surface area contributed by atoms with Crippen LogP contribution in [-0.4, -0.2) is 7.11 Å². The zero-order valence-corrected chi connectivity index (χ0v) is 11.8. The monoisotopic (exact) mass is 310 g/mol. The molecule has 4 nitrogen and oxygen atoms in total. The summed E-state index contributed by atoms with van der Waals surface area (Å²) in [5.74, 6) is 6.49. The topological polar surface area (TPSA) is 60.4 Å². The van der Waals surface area contributed by atoms with Crippen molar-refractivity contribution in [1.82, 2.24) is 5.43 Å². The Morgan fingerprint density at radius 3 is 2.61 bits per heavy atom. The molecule has 0 aliphatic heterocycles. The Morgan fingerprint density at radius 1 is 1.33 bits per heavy atom. The third-order valence-corrected chi connectivity index (χ3v) is 3.56. The molecule has 1 unspecified atom stereocenters. The second-order valence-electron chi connectivity index (χ2n) is 3.97. The average molecular weight is 311 g/mol. The molecule has 1 heterocycles. The van der Waals surface area contributed by atoms with Gasteiger partial charge in [-0.05, 0) is 52.2 Å². The van der Waals surface area contributed by atoms with Crippen molar-refractivity contribution in [2.45, 2.75) is 13.0 Å². The second-order valence-corrected chi connectivity index (χ2v) is 4.69. The summed E-state index contributed by atoms with van der Waals surface area (Å²) in [4.78, 5) is 0. The third kappa shape index (κ3) is 2.43. The normalized spacial score (nSPS) is 12.4. The fourth-order valence-corrected chi connectivity index (χ4v) is 2.43. The van der Waals surface area contributed by atoms with E-state index in [0.29, 0.717) is 4.67 Å². The number of aryl methyl sites for hydroxylation is 1. The minimum Gasteiger partial charge on any atom is -0.497 e. The predicted molar refractivity (Wildman–Crippen MR) is 73.3 cm³/mol. The first kappa shape index (κ1) is 13.1. The summed E-state index contributed by atoms with van der Waals surface area (Å²) in [5, 5.41) is 0. The molecular formula is C13H15BrN2O2. The highest BCUT2D eigenvalue weighted by atomic mass is 79.9. The van der Waals surface area contributed by atoms with Gasteiger partial charge in [0.15, 0.2) is 4.67 Å². The van der Waals surface area contributed by atoms with Gasteiger partial charge in [0.1, 0.15) is 5.75 Å². The molecule has 0 saturated carbocycles. The summed E-state index contributed by atoms with van der Waals surface area (Å²) in [6.45, 7) is 2.02. The van der Waals surface area contributed by atoms with Crippen LogP contribution in [0.1, 0.15) is 22.7 Å². The van der Waals surface area contributed by atoms with E-state index in [1.807, 2.05) is 31.2 Å². The van der Waals surface area contributed by atoms with Gasteiger partial charge in [0, 0.05) is 5.56 Å². The maximum atomic E-state index is 5.66. The van der Waals surface area contributed by atoms with Crippen molar-refractivity contribution in [3.63, 3.8) is 0 Å². The highest BCUT2D eigenvalue weighted by Crippen LogP contribution is 2.31. The second kappa shape index (κ2) is 5.56. The Balaban J connectivity index is 2.42. The van der Waals surface area contributed by atoms with Crippen LogP contribution in [0.15, 0.2) is 39.6 Å². The number of furan rings is 1. The smallest absolute Gasteiger partial charge is 0.174 e. The Kier molecular flexibility index (Phi) is 4.06. The number of benzene rings is 1. The minimum absolute atomic E-state index is 0.121. The van der Waals surface area contributed by atoms with E-state index in [4.69, 9.17) is 15.0 Å². The van der Waals surface area contributed by atoms with Crippen LogP contribution >= 0.6 is 15.9 Å². The largest absolute Gasteiger partial charge is 0.497 e. The maximum absolute atomic E-state index is 5.66. The standard InChI is InChI=1S/C13H15BrN2O2/c1-8-7-9(17-2)3-4-10(8)12(16-15)11-5-6-18-13(11)14/h3-7,12,16H,15H2,1-2H3. The first-order valence-corrected chi connectivity index (χ1v) is 6.30. The van der Waals surface area contributed by atoms with Gasteiger partial charge in [-0.15, -0.1) is 0 Å². The van der Waals surface area contributed by atoms with Crippen molar-refractivity contribution < 1.29 is 9.15 Å². The number of methoxy groups -OCH3 is 1. The highest BCUT2D eigenvalue weighted by Gasteiger charge is 2.19. The van der Waals surface area contributed by atoms with Gasteiger partial charge in [-0.2, -0.15) is 0 Å². The van der Waals surface area contributed by atoms with Gasteiger partial charge in [0.2, 0.25) is 0 Å². The summed E-state index contributed by atoms with van der Waals surface area (Å²) in [6, 6.07) is 7.66. The molecule has 2 aromatic rings. The number of hydrazine groups is 1. The number of nitrogens with two attached hydrogens (primary N) is 1. The molecule has 0 aliphatic carbocycles. The van der Waals surface area contributed by atoms with Crippen LogP contribution in [0.3, 0.4) is 0 Å². The molecule has 0 fully saturated rings.